The van der Waals surface area contributed by atoms with Gasteiger partial charge in [-0.15, -0.1) is 11.3 Å². The summed E-state index contributed by atoms with van der Waals surface area (Å²) in [6.45, 7) is 2.17. The number of piperidine rings is 1. The van der Waals surface area contributed by atoms with E-state index in [0.29, 0.717) is 12.8 Å². The Morgan fingerprint density at radius 2 is 2.13 bits per heavy atom. The van der Waals surface area contributed by atoms with Gasteiger partial charge in [0.15, 0.2) is 0 Å². The lowest BCUT2D eigenvalue weighted by atomic mass is 9.84. The highest BCUT2D eigenvalue weighted by atomic mass is 32.1. The van der Waals surface area contributed by atoms with E-state index in [-0.39, 0.29) is 19.7 Å². The molecule has 1 aromatic rings. The van der Waals surface area contributed by atoms with Crippen LogP contribution in [0, 0.1) is 0 Å². The third-order valence-corrected chi connectivity index (χ3v) is 6.03. The molecular weight excluding hydrogens is 331 g/mol. The molecule has 3 heterocycles. The van der Waals surface area contributed by atoms with Crippen molar-refractivity contribution in [1.29, 1.82) is 0 Å². The fourth-order valence-corrected chi connectivity index (χ4v) is 4.61. The Kier molecular flexibility index (Phi) is 4.18. The number of fused-ring (bicyclic) bond motifs is 2. The van der Waals surface area contributed by atoms with Crippen LogP contribution >= 0.6 is 11.3 Å². The zero-order chi connectivity index (χ0) is 16.8. The van der Waals surface area contributed by atoms with Crippen molar-refractivity contribution >= 4 is 17.2 Å². The molecule has 0 aliphatic carbocycles. The number of hydrogen-bond donors (Lipinski definition) is 1. The molecule has 1 aromatic heterocycles. The lowest BCUT2D eigenvalue weighted by Gasteiger charge is -2.44. The molecule has 3 rings (SSSR count). The molecular formula is C15H18F3NO3S. The lowest BCUT2D eigenvalue weighted by Crippen LogP contribution is -2.51. The molecule has 1 atom stereocenters. The molecule has 1 spiro atoms. The fourth-order valence-electron chi connectivity index (χ4n) is 3.25. The highest BCUT2D eigenvalue weighted by Gasteiger charge is 2.49. The number of nitrogens with zero attached hydrogens (tertiary/aromatic N) is 1. The Bertz CT molecular complexity index is 606. The summed E-state index contributed by atoms with van der Waals surface area (Å²) in [6, 6.07) is 1.96. The molecule has 0 aromatic carbocycles. The highest BCUT2D eigenvalue weighted by Crippen LogP contribution is 2.48. The topological polar surface area (TPSA) is 49.8 Å². The number of aliphatic hydroxyl groups excluding tert-OH is 1. The molecule has 1 amide bonds. The van der Waals surface area contributed by atoms with Crippen molar-refractivity contribution in [3.63, 3.8) is 0 Å². The first kappa shape index (κ1) is 16.7. The molecule has 0 radical (unpaired) electrons. The normalized spacial score (nSPS) is 23.9. The summed E-state index contributed by atoms with van der Waals surface area (Å²) >= 11 is 1.55. The van der Waals surface area contributed by atoms with Crippen LogP contribution in [-0.2, 0) is 21.6 Å². The highest BCUT2D eigenvalue weighted by molar-refractivity contribution is 7.12. The van der Waals surface area contributed by atoms with Gasteiger partial charge in [-0.25, -0.2) is 0 Å². The van der Waals surface area contributed by atoms with E-state index in [1.165, 1.54) is 0 Å². The average Bonchev–Trinajstić information content (AvgIpc) is 2.96. The Morgan fingerprint density at radius 3 is 2.70 bits per heavy atom. The summed E-state index contributed by atoms with van der Waals surface area (Å²) in [4.78, 5) is 14.2. The quantitative estimate of drug-likeness (QED) is 0.848. The van der Waals surface area contributed by atoms with Crippen LogP contribution in [0.1, 0.15) is 41.2 Å². The van der Waals surface area contributed by atoms with Gasteiger partial charge in [-0.05, 0) is 30.9 Å². The molecule has 1 unspecified atom stereocenters. The van der Waals surface area contributed by atoms with Crippen molar-refractivity contribution in [1.82, 2.24) is 4.90 Å². The van der Waals surface area contributed by atoms with Crippen LogP contribution in [0.5, 0.6) is 0 Å². The van der Waals surface area contributed by atoms with Gasteiger partial charge in [0.25, 0.3) is 0 Å². The SMILES string of the molecule is CCc1cc2c(s1)C1(CCN(C(=O)C(F)(F)F)CC1)OCC2O. The van der Waals surface area contributed by atoms with Gasteiger partial charge in [-0.3, -0.25) is 4.79 Å². The Morgan fingerprint density at radius 1 is 1.48 bits per heavy atom. The summed E-state index contributed by atoms with van der Waals surface area (Å²) in [5, 5.41) is 10.1. The van der Waals surface area contributed by atoms with Gasteiger partial charge in [0.05, 0.1) is 6.61 Å². The smallest absolute Gasteiger partial charge is 0.386 e. The number of thiophene rings is 1. The Balaban J connectivity index is 1.82. The number of ether oxygens (including phenoxy) is 1. The first-order valence-corrected chi connectivity index (χ1v) is 8.39. The van der Waals surface area contributed by atoms with Gasteiger partial charge < -0.3 is 14.7 Å². The first-order valence-electron chi connectivity index (χ1n) is 7.58. The van der Waals surface area contributed by atoms with E-state index in [0.717, 1.165) is 26.6 Å². The second-order valence-corrected chi connectivity index (χ2v) is 7.10. The minimum Gasteiger partial charge on any atom is -0.386 e. The van der Waals surface area contributed by atoms with E-state index in [2.05, 4.69) is 0 Å². The molecule has 2 aliphatic rings. The van der Waals surface area contributed by atoms with E-state index in [1.54, 1.807) is 11.3 Å². The zero-order valence-corrected chi connectivity index (χ0v) is 13.5. The number of carbonyl (C=O) groups excluding carboxylic acids is 1. The van der Waals surface area contributed by atoms with Crippen LogP contribution in [0.25, 0.3) is 0 Å². The average molecular weight is 349 g/mol. The number of likely N-dealkylation sites (tertiary alicyclic amines) is 1. The van der Waals surface area contributed by atoms with Crippen LogP contribution in [0.15, 0.2) is 6.07 Å². The number of aliphatic hydroxyl groups is 1. The van der Waals surface area contributed by atoms with Crippen molar-refractivity contribution < 1.29 is 27.8 Å². The van der Waals surface area contributed by atoms with Crippen LogP contribution in [0.3, 0.4) is 0 Å². The standard InChI is InChI=1S/C15H18F3NO3S/c1-2-9-7-10-11(20)8-22-14(12(10)23-9)3-5-19(6-4-14)13(21)15(16,17)18/h7,11,20H,2-6,8H2,1H3. The van der Waals surface area contributed by atoms with Crippen LogP contribution in [-0.4, -0.2) is 41.8 Å². The third-order valence-electron chi connectivity index (χ3n) is 4.55. The predicted octanol–water partition coefficient (Wildman–Crippen LogP) is 2.75. The van der Waals surface area contributed by atoms with Gasteiger partial charge in [0.2, 0.25) is 0 Å². The molecule has 1 fully saturated rings. The molecule has 0 bridgehead atoms. The number of halogens is 3. The second-order valence-electron chi connectivity index (χ2n) is 5.96. The Labute approximate surface area is 135 Å². The van der Waals surface area contributed by atoms with Crippen molar-refractivity contribution in [2.45, 2.75) is 44.1 Å². The summed E-state index contributed by atoms with van der Waals surface area (Å²) in [5.41, 5.74) is 0.156. The van der Waals surface area contributed by atoms with Crippen molar-refractivity contribution in [3.8, 4) is 0 Å². The Hall–Kier alpha value is -1.12. The maximum Gasteiger partial charge on any atom is 0.471 e. The molecule has 2 aliphatic heterocycles. The van der Waals surface area contributed by atoms with E-state index < -0.39 is 23.8 Å². The maximum absolute atomic E-state index is 12.6. The monoisotopic (exact) mass is 349 g/mol. The van der Waals surface area contributed by atoms with Crippen molar-refractivity contribution in [2.75, 3.05) is 19.7 Å². The number of amides is 1. The molecule has 0 saturated carbocycles. The number of hydrogen-bond acceptors (Lipinski definition) is 4. The number of rotatable bonds is 1. The molecule has 4 nitrogen and oxygen atoms in total. The lowest BCUT2D eigenvalue weighted by molar-refractivity contribution is -0.192. The number of aryl methyl sites for hydroxylation is 1. The minimum atomic E-state index is -4.84. The van der Waals surface area contributed by atoms with Crippen LogP contribution in [0.2, 0.25) is 0 Å². The van der Waals surface area contributed by atoms with E-state index in [1.807, 2.05) is 13.0 Å². The van der Waals surface area contributed by atoms with Crippen molar-refractivity contribution in [3.05, 3.63) is 21.4 Å². The molecule has 8 heteroatoms. The predicted molar refractivity (Wildman–Crippen MR) is 78.2 cm³/mol. The van der Waals surface area contributed by atoms with Gasteiger partial charge in [-0.1, -0.05) is 6.92 Å². The van der Waals surface area contributed by atoms with E-state index in [9.17, 15) is 23.1 Å². The van der Waals surface area contributed by atoms with E-state index >= 15 is 0 Å². The molecule has 23 heavy (non-hydrogen) atoms. The van der Waals surface area contributed by atoms with Gasteiger partial charge >= 0.3 is 12.1 Å². The molecule has 128 valence electrons. The van der Waals surface area contributed by atoms with Gasteiger partial charge in [-0.2, -0.15) is 13.2 Å². The first-order chi connectivity index (χ1) is 10.8. The fraction of sp³-hybridized carbons (Fsp3) is 0.667. The third kappa shape index (κ3) is 2.88. The molecule has 1 saturated heterocycles. The maximum atomic E-state index is 12.6. The molecule has 1 N–H and O–H groups in total. The van der Waals surface area contributed by atoms with Crippen LogP contribution in [0.4, 0.5) is 13.2 Å². The zero-order valence-electron chi connectivity index (χ0n) is 12.7. The largest absolute Gasteiger partial charge is 0.471 e. The summed E-state index contributed by atoms with van der Waals surface area (Å²) < 4.78 is 43.5. The van der Waals surface area contributed by atoms with Gasteiger partial charge in [0.1, 0.15) is 11.7 Å². The number of alkyl halides is 3. The van der Waals surface area contributed by atoms with Gasteiger partial charge in [0, 0.05) is 22.8 Å². The summed E-state index contributed by atoms with van der Waals surface area (Å²) in [7, 11) is 0. The second kappa shape index (κ2) is 5.75. The van der Waals surface area contributed by atoms with Crippen LogP contribution < -0.4 is 0 Å². The summed E-state index contributed by atoms with van der Waals surface area (Å²) in [6.07, 6.45) is -4.06. The minimum absolute atomic E-state index is 0.00718. The van der Waals surface area contributed by atoms with E-state index in [4.69, 9.17) is 4.74 Å². The van der Waals surface area contributed by atoms with Crippen molar-refractivity contribution in [2.24, 2.45) is 0 Å². The summed E-state index contributed by atoms with van der Waals surface area (Å²) in [5.74, 6) is -1.79. The number of carbonyl (C=O) groups is 1.